The average molecular weight is 342 g/mol. The van der Waals surface area contributed by atoms with Gasteiger partial charge in [0.2, 0.25) is 0 Å². The van der Waals surface area contributed by atoms with Crippen molar-refractivity contribution >= 4 is 5.96 Å². The van der Waals surface area contributed by atoms with E-state index < -0.39 is 0 Å². The minimum absolute atomic E-state index is 0.0635. The number of guanidine groups is 1. The van der Waals surface area contributed by atoms with Crippen LogP contribution in [0.4, 0.5) is 0 Å². The molecule has 1 aliphatic rings. The zero-order chi connectivity index (χ0) is 18.0. The Hall–Kier alpha value is -2.03. The molecule has 0 saturated carbocycles. The summed E-state index contributed by atoms with van der Waals surface area (Å²) in [6, 6.07) is 10.8. The Balaban J connectivity index is 2.09. The van der Waals surface area contributed by atoms with Crippen molar-refractivity contribution in [1.29, 1.82) is 0 Å². The lowest BCUT2D eigenvalue weighted by Crippen LogP contribution is -2.53. The van der Waals surface area contributed by atoms with Crippen molar-refractivity contribution in [2.45, 2.75) is 38.3 Å². The number of nitrogens with zero attached hydrogens (tertiary/aromatic N) is 1. The molecule has 5 heteroatoms. The van der Waals surface area contributed by atoms with Crippen molar-refractivity contribution in [3.63, 3.8) is 0 Å². The van der Waals surface area contributed by atoms with Crippen LogP contribution in [0.3, 0.4) is 0 Å². The van der Waals surface area contributed by atoms with E-state index in [2.05, 4.69) is 53.1 Å². The molecule has 0 aromatic heterocycles. The van der Waals surface area contributed by atoms with E-state index in [1.807, 2.05) is 13.0 Å². The standard InChI is InChI=1S/C20H30N4O/c1-4-13-22-19(21-5-2)23-16-20(11-14-25-15-12-20)24-17(3)18-9-7-6-8-10-18/h1,6-10,17,24H,5,11-16H2,2-3H3,(H2,21,22,23). The lowest BCUT2D eigenvalue weighted by Gasteiger charge is -2.39. The first-order chi connectivity index (χ1) is 12.2. The van der Waals surface area contributed by atoms with E-state index in [1.165, 1.54) is 5.56 Å². The number of ether oxygens (including phenoxy) is 1. The van der Waals surface area contributed by atoms with E-state index >= 15 is 0 Å². The summed E-state index contributed by atoms with van der Waals surface area (Å²) >= 11 is 0. The number of rotatable bonds is 7. The maximum Gasteiger partial charge on any atom is 0.192 e. The fraction of sp³-hybridized carbons (Fsp3) is 0.550. The number of hydrogen-bond donors (Lipinski definition) is 3. The third-order valence-corrected chi connectivity index (χ3v) is 4.51. The van der Waals surface area contributed by atoms with Gasteiger partial charge in [-0.1, -0.05) is 36.3 Å². The van der Waals surface area contributed by atoms with E-state index in [9.17, 15) is 0 Å². The highest BCUT2D eigenvalue weighted by Crippen LogP contribution is 2.25. The molecular formula is C20H30N4O. The molecule has 5 nitrogen and oxygen atoms in total. The van der Waals surface area contributed by atoms with Crippen LogP contribution in [0, 0.1) is 12.3 Å². The molecule has 136 valence electrons. The Labute approximate surface area is 151 Å². The summed E-state index contributed by atoms with van der Waals surface area (Å²) in [7, 11) is 0. The van der Waals surface area contributed by atoms with Crippen LogP contribution in [0.2, 0.25) is 0 Å². The van der Waals surface area contributed by atoms with Gasteiger partial charge < -0.3 is 20.7 Å². The SMILES string of the molecule is C#CCNC(=NCC1(NC(C)c2ccccc2)CCOCC1)NCC. The molecule has 2 rings (SSSR count). The average Bonchev–Trinajstić information content (AvgIpc) is 2.65. The Morgan fingerprint density at radius 3 is 2.64 bits per heavy atom. The number of nitrogens with one attached hydrogen (secondary N) is 3. The number of aliphatic imine (C=N–C) groups is 1. The summed E-state index contributed by atoms with van der Waals surface area (Å²) in [4.78, 5) is 4.77. The van der Waals surface area contributed by atoms with E-state index in [0.29, 0.717) is 13.1 Å². The summed E-state index contributed by atoms with van der Waals surface area (Å²) in [6.45, 7) is 7.74. The maximum absolute atomic E-state index is 5.58. The van der Waals surface area contributed by atoms with Gasteiger partial charge >= 0.3 is 0 Å². The molecule has 1 aliphatic heterocycles. The second kappa shape index (κ2) is 10.1. The van der Waals surface area contributed by atoms with Gasteiger partial charge in [-0.25, -0.2) is 0 Å². The molecule has 1 aromatic rings. The van der Waals surface area contributed by atoms with Crippen molar-refractivity contribution in [2.24, 2.45) is 4.99 Å². The normalized spacial score (nSPS) is 18.2. The van der Waals surface area contributed by atoms with E-state index in [1.54, 1.807) is 0 Å². The molecule has 1 atom stereocenters. The largest absolute Gasteiger partial charge is 0.381 e. The van der Waals surface area contributed by atoms with Crippen LogP contribution < -0.4 is 16.0 Å². The molecule has 1 fully saturated rings. The van der Waals surface area contributed by atoms with Gasteiger partial charge in [0.1, 0.15) is 0 Å². The summed E-state index contributed by atoms with van der Waals surface area (Å²) in [5.41, 5.74) is 1.22. The molecule has 1 saturated heterocycles. The third kappa shape index (κ3) is 6.08. The van der Waals surface area contributed by atoms with Crippen LogP contribution in [0.1, 0.15) is 38.3 Å². The predicted molar refractivity (Wildman–Crippen MR) is 104 cm³/mol. The molecule has 1 unspecified atom stereocenters. The molecule has 0 radical (unpaired) electrons. The van der Waals surface area contributed by atoms with Crippen molar-refractivity contribution in [1.82, 2.24) is 16.0 Å². The minimum atomic E-state index is -0.0635. The number of benzene rings is 1. The zero-order valence-corrected chi connectivity index (χ0v) is 15.3. The fourth-order valence-electron chi connectivity index (χ4n) is 3.10. The lowest BCUT2D eigenvalue weighted by atomic mass is 9.88. The molecule has 0 amide bonds. The van der Waals surface area contributed by atoms with Crippen LogP contribution in [-0.2, 0) is 4.74 Å². The Kier molecular flexibility index (Phi) is 7.77. The zero-order valence-electron chi connectivity index (χ0n) is 15.3. The van der Waals surface area contributed by atoms with E-state index in [4.69, 9.17) is 16.2 Å². The van der Waals surface area contributed by atoms with Gasteiger partial charge in [-0.2, -0.15) is 0 Å². The topological polar surface area (TPSA) is 57.7 Å². The van der Waals surface area contributed by atoms with Crippen molar-refractivity contribution in [3.8, 4) is 12.3 Å². The number of terminal acetylenes is 1. The van der Waals surface area contributed by atoms with Crippen molar-refractivity contribution < 1.29 is 4.74 Å². The first-order valence-corrected chi connectivity index (χ1v) is 9.05. The third-order valence-electron chi connectivity index (χ3n) is 4.51. The van der Waals surface area contributed by atoms with Crippen LogP contribution in [0.15, 0.2) is 35.3 Å². The highest BCUT2D eigenvalue weighted by Gasteiger charge is 2.33. The molecule has 1 heterocycles. The van der Waals surface area contributed by atoms with Gasteiger partial charge in [0.25, 0.3) is 0 Å². The Morgan fingerprint density at radius 1 is 1.28 bits per heavy atom. The van der Waals surface area contributed by atoms with Crippen molar-refractivity contribution in [2.75, 3.05) is 32.8 Å². The predicted octanol–water partition coefficient (Wildman–Crippen LogP) is 2.07. The maximum atomic E-state index is 5.58. The van der Waals surface area contributed by atoms with Gasteiger partial charge in [-0.15, -0.1) is 6.42 Å². The fourth-order valence-corrected chi connectivity index (χ4v) is 3.10. The molecule has 0 aliphatic carbocycles. The first kappa shape index (κ1) is 19.3. The molecular weight excluding hydrogens is 312 g/mol. The summed E-state index contributed by atoms with van der Waals surface area (Å²) in [6.07, 6.45) is 7.24. The summed E-state index contributed by atoms with van der Waals surface area (Å²) in [5.74, 6) is 3.35. The van der Waals surface area contributed by atoms with Crippen LogP contribution in [0.5, 0.6) is 0 Å². The second-order valence-electron chi connectivity index (χ2n) is 6.42. The van der Waals surface area contributed by atoms with Gasteiger partial charge in [-0.05, 0) is 32.3 Å². The van der Waals surface area contributed by atoms with Gasteiger partial charge in [0, 0.05) is 31.3 Å². The molecule has 3 N–H and O–H groups in total. The van der Waals surface area contributed by atoms with E-state index in [0.717, 1.165) is 38.6 Å². The van der Waals surface area contributed by atoms with Crippen LogP contribution >= 0.6 is 0 Å². The monoisotopic (exact) mass is 342 g/mol. The first-order valence-electron chi connectivity index (χ1n) is 9.05. The van der Waals surface area contributed by atoms with Crippen LogP contribution in [-0.4, -0.2) is 44.3 Å². The molecule has 1 aromatic carbocycles. The second-order valence-corrected chi connectivity index (χ2v) is 6.42. The smallest absolute Gasteiger partial charge is 0.192 e. The molecule has 0 bridgehead atoms. The highest BCUT2D eigenvalue weighted by atomic mass is 16.5. The van der Waals surface area contributed by atoms with Gasteiger partial charge in [0.05, 0.1) is 13.1 Å². The molecule has 25 heavy (non-hydrogen) atoms. The lowest BCUT2D eigenvalue weighted by molar-refractivity contribution is 0.0374. The highest BCUT2D eigenvalue weighted by molar-refractivity contribution is 5.80. The van der Waals surface area contributed by atoms with E-state index in [-0.39, 0.29) is 11.6 Å². The Bertz CT molecular complexity index is 573. The summed E-state index contributed by atoms with van der Waals surface area (Å²) in [5, 5.41) is 10.2. The quantitative estimate of drug-likeness (QED) is 0.403. The Morgan fingerprint density at radius 2 is 2.00 bits per heavy atom. The van der Waals surface area contributed by atoms with Crippen LogP contribution in [0.25, 0.3) is 0 Å². The number of hydrogen-bond acceptors (Lipinski definition) is 3. The van der Waals surface area contributed by atoms with Gasteiger partial charge in [0.15, 0.2) is 5.96 Å². The van der Waals surface area contributed by atoms with Crippen molar-refractivity contribution in [3.05, 3.63) is 35.9 Å². The minimum Gasteiger partial charge on any atom is -0.381 e. The molecule has 0 spiro atoms. The summed E-state index contributed by atoms with van der Waals surface area (Å²) < 4.78 is 5.58. The van der Waals surface area contributed by atoms with Gasteiger partial charge in [-0.3, -0.25) is 4.99 Å².